The van der Waals surface area contributed by atoms with Gasteiger partial charge in [-0.2, -0.15) is 13.2 Å². The maximum atomic E-state index is 13.1. The van der Waals surface area contributed by atoms with Gasteiger partial charge in [-0.05, 0) is 42.9 Å². The Balaban J connectivity index is 1.64. The summed E-state index contributed by atoms with van der Waals surface area (Å²) in [6.07, 6.45) is -4.52. The predicted octanol–water partition coefficient (Wildman–Crippen LogP) is 4.89. The Morgan fingerprint density at radius 1 is 1.00 bits per heavy atom. The predicted molar refractivity (Wildman–Crippen MR) is 110 cm³/mol. The average Bonchev–Trinajstić information content (AvgIpc) is 3.08. The van der Waals surface area contributed by atoms with E-state index < -0.39 is 12.0 Å². The van der Waals surface area contributed by atoms with Gasteiger partial charge in [-0.3, -0.25) is 0 Å². The second-order valence-corrected chi connectivity index (χ2v) is 6.92. The van der Waals surface area contributed by atoms with Gasteiger partial charge in [0.25, 0.3) is 0 Å². The number of ether oxygens (including phenoxy) is 2. The first-order chi connectivity index (χ1) is 14.3. The monoisotopic (exact) mass is 421 g/mol. The minimum atomic E-state index is -4.52. The number of nitrogens with zero attached hydrogens (tertiary/aromatic N) is 3. The minimum absolute atomic E-state index is 0.198. The topological polar surface area (TPSA) is 39.5 Å². The molecule has 0 amide bonds. The van der Waals surface area contributed by atoms with Crippen LogP contribution in [0.3, 0.4) is 0 Å². The molecule has 1 heterocycles. The van der Waals surface area contributed by atoms with Crippen molar-refractivity contribution in [2.24, 2.45) is 7.05 Å². The molecule has 0 fully saturated rings. The van der Waals surface area contributed by atoms with Crippen molar-refractivity contribution in [3.05, 3.63) is 53.9 Å². The molecule has 1 aromatic heterocycles. The molecular weight excluding hydrogens is 395 g/mol. The highest BCUT2D eigenvalue weighted by molar-refractivity contribution is 5.82. The average molecular weight is 421 g/mol. The molecule has 162 valence electrons. The number of hydrogen-bond donors (Lipinski definition) is 0. The molecular formula is C22H26F3N3O2. The summed E-state index contributed by atoms with van der Waals surface area (Å²) < 4.78 is 52.0. The standard InChI is InChI=1S/C22H26F3N3O2/c1-4-28(5-2)13-14-29-17-11-9-16(10-12-17)15-30-19-8-6-7-18-20(19)26-21(27(18)3)22(23,24)25/h6-12H,4-5,13-15H2,1-3H3. The van der Waals surface area contributed by atoms with Gasteiger partial charge in [0.2, 0.25) is 5.82 Å². The van der Waals surface area contributed by atoms with Gasteiger partial charge in [0.05, 0.1) is 5.52 Å². The molecule has 3 rings (SSSR count). The van der Waals surface area contributed by atoms with E-state index in [4.69, 9.17) is 9.47 Å². The number of benzene rings is 2. The maximum absolute atomic E-state index is 13.1. The number of rotatable bonds is 9. The molecule has 0 saturated carbocycles. The Bertz CT molecular complexity index is 964. The fraction of sp³-hybridized carbons (Fsp3) is 0.409. The number of imidazole rings is 1. The van der Waals surface area contributed by atoms with Crippen molar-refractivity contribution < 1.29 is 22.6 Å². The highest BCUT2D eigenvalue weighted by Crippen LogP contribution is 2.34. The third-order valence-corrected chi connectivity index (χ3v) is 5.02. The van der Waals surface area contributed by atoms with Crippen LogP contribution in [0.15, 0.2) is 42.5 Å². The smallest absolute Gasteiger partial charge is 0.449 e. The Hall–Kier alpha value is -2.74. The summed E-state index contributed by atoms with van der Waals surface area (Å²) in [5.74, 6) is 0.144. The van der Waals surface area contributed by atoms with Gasteiger partial charge < -0.3 is 18.9 Å². The van der Waals surface area contributed by atoms with Gasteiger partial charge in [0.15, 0.2) is 0 Å². The normalized spacial score (nSPS) is 12.0. The van der Waals surface area contributed by atoms with E-state index in [0.717, 1.165) is 35.5 Å². The van der Waals surface area contributed by atoms with Gasteiger partial charge in [-0.15, -0.1) is 0 Å². The van der Waals surface area contributed by atoms with Crippen LogP contribution in [0.4, 0.5) is 13.2 Å². The molecule has 0 atom stereocenters. The highest BCUT2D eigenvalue weighted by atomic mass is 19.4. The zero-order chi connectivity index (χ0) is 21.7. The Morgan fingerprint density at radius 2 is 1.70 bits per heavy atom. The number of halogens is 3. The van der Waals surface area contributed by atoms with Crippen LogP contribution in [0.1, 0.15) is 25.2 Å². The first kappa shape index (κ1) is 22.0. The molecule has 3 aromatic rings. The van der Waals surface area contributed by atoms with E-state index in [0.29, 0.717) is 17.9 Å². The van der Waals surface area contributed by atoms with Crippen molar-refractivity contribution in [3.63, 3.8) is 0 Å². The lowest BCUT2D eigenvalue weighted by Crippen LogP contribution is -2.27. The number of fused-ring (bicyclic) bond motifs is 1. The summed E-state index contributed by atoms with van der Waals surface area (Å²) in [6, 6.07) is 12.4. The van der Waals surface area contributed by atoms with Crippen molar-refractivity contribution in [3.8, 4) is 11.5 Å². The largest absolute Gasteiger partial charge is 0.492 e. The minimum Gasteiger partial charge on any atom is -0.492 e. The van der Waals surface area contributed by atoms with E-state index in [-0.39, 0.29) is 12.1 Å². The molecule has 0 aliphatic carbocycles. The molecule has 0 aliphatic heterocycles. The van der Waals surface area contributed by atoms with E-state index in [1.54, 1.807) is 18.2 Å². The number of aryl methyl sites for hydroxylation is 1. The number of aromatic nitrogens is 2. The zero-order valence-corrected chi connectivity index (χ0v) is 17.4. The maximum Gasteiger partial charge on any atom is 0.449 e. The van der Waals surface area contributed by atoms with Crippen molar-refractivity contribution >= 4 is 11.0 Å². The second-order valence-electron chi connectivity index (χ2n) is 6.92. The van der Waals surface area contributed by atoms with Gasteiger partial charge in [0.1, 0.15) is 30.2 Å². The third-order valence-electron chi connectivity index (χ3n) is 5.02. The second kappa shape index (κ2) is 9.38. The molecule has 8 heteroatoms. The summed E-state index contributed by atoms with van der Waals surface area (Å²) in [4.78, 5) is 6.04. The Labute approximate surface area is 174 Å². The molecule has 0 unspecified atom stereocenters. The van der Waals surface area contributed by atoms with E-state index >= 15 is 0 Å². The van der Waals surface area contributed by atoms with Crippen LogP contribution >= 0.6 is 0 Å². The van der Waals surface area contributed by atoms with Gasteiger partial charge in [-0.1, -0.05) is 32.0 Å². The number of alkyl halides is 3. The Kier molecular flexibility index (Phi) is 6.87. The van der Waals surface area contributed by atoms with Crippen molar-refractivity contribution in [1.29, 1.82) is 0 Å². The summed E-state index contributed by atoms with van der Waals surface area (Å²) in [5.41, 5.74) is 1.45. The molecule has 0 saturated heterocycles. The molecule has 0 spiro atoms. The highest BCUT2D eigenvalue weighted by Gasteiger charge is 2.37. The van der Waals surface area contributed by atoms with E-state index in [1.807, 2.05) is 24.3 Å². The fourth-order valence-corrected chi connectivity index (χ4v) is 3.23. The number of likely N-dealkylation sites (N-methyl/N-ethyl adjacent to an activating group) is 1. The molecule has 0 N–H and O–H groups in total. The van der Waals surface area contributed by atoms with Gasteiger partial charge >= 0.3 is 6.18 Å². The number of para-hydroxylation sites is 1. The van der Waals surface area contributed by atoms with Gasteiger partial charge in [-0.25, -0.2) is 4.98 Å². The summed E-state index contributed by atoms with van der Waals surface area (Å²) >= 11 is 0. The summed E-state index contributed by atoms with van der Waals surface area (Å²) in [6.45, 7) is 7.91. The fourth-order valence-electron chi connectivity index (χ4n) is 3.23. The lowest BCUT2D eigenvalue weighted by atomic mass is 10.2. The number of hydrogen-bond acceptors (Lipinski definition) is 4. The lowest BCUT2D eigenvalue weighted by molar-refractivity contribution is -0.146. The van der Waals surface area contributed by atoms with Crippen LogP contribution in [0.25, 0.3) is 11.0 Å². The van der Waals surface area contributed by atoms with Gasteiger partial charge in [0, 0.05) is 13.6 Å². The van der Waals surface area contributed by atoms with Crippen LogP contribution in [0.5, 0.6) is 11.5 Å². The summed E-state index contributed by atoms with van der Waals surface area (Å²) in [5, 5.41) is 0. The van der Waals surface area contributed by atoms with Crippen LogP contribution in [-0.4, -0.2) is 40.7 Å². The lowest BCUT2D eigenvalue weighted by Gasteiger charge is -2.18. The van der Waals surface area contributed by atoms with E-state index in [2.05, 4.69) is 23.7 Å². The molecule has 0 radical (unpaired) electrons. The molecule has 0 aliphatic rings. The first-order valence-corrected chi connectivity index (χ1v) is 9.93. The molecule has 2 aromatic carbocycles. The quantitative estimate of drug-likeness (QED) is 0.493. The van der Waals surface area contributed by atoms with E-state index in [1.165, 1.54) is 7.05 Å². The van der Waals surface area contributed by atoms with E-state index in [9.17, 15) is 13.2 Å². The van der Waals surface area contributed by atoms with Crippen molar-refractivity contribution in [2.45, 2.75) is 26.6 Å². The van der Waals surface area contributed by atoms with Crippen molar-refractivity contribution in [1.82, 2.24) is 14.5 Å². The van der Waals surface area contributed by atoms with Crippen LogP contribution < -0.4 is 9.47 Å². The third kappa shape index (κ3) is 5.05. The molecule has 5 nitrogen and oxygen atoms in total. The van der Waals surface area contributed by atoms with Crippen LogP contribution in [0, 0.1) is 0 Å². The molecule has 0 bridgehead atoms. The molecule has 30 heavy (non-hydrogen) atoms. The summed E-state index contributed by atoms with van der Waals surface area (Å²) in [7, 11) is 1.35. The zero-order valence-electron chi connectivity index (χ0n) is 17.4. The first-order valence-electron chi connectivity index (χ1n) is 9.93. The SMILES string of the molecule is CCN(CC)CCOc1ccc(COc2cccc3c2nc(C(F)(F)F)n3C)cc1. The Morgan fingerprint density at radius 3 is 2.33 bits per heavy atom. The van der Waals surface area contributed by atoms with Crippen molar-refractivity contribution in [2.75, 3.05) is 26.2 Å². The van der Waals surface area contributed by atoms with Crippen LogP contribution in [-0.2, 0) is 19.8 Å². The van der Waals surface area contributed by atoms with Crippen LogP contribution in [0.2, 0.25) is 0 Å².